The number of hydrogen-bond acceptors (Lipinski definition) is 7. The molecule has 0 aliphatic heterocycles. The van der Waals surface area contributed by atoms with Crippen molar-refractivity contribution in [2.75, 3.05) is 19.0 Å². The van der Waals surface area contributed by atoms with E-state index in [-0.39, 0.29) is 23.0 Å². The van der Waals surface area contributed by atoms with Crippen molar-refractivity contribution in [3.63, 3.8) is 0 Å². The van der Waals surface area contributed by atoms with Crippen LogP contribution < -0.4 is 0 Å². The molecule has 276 valence electrons. The summed E-state index contributed by atoms with van der Waals surface area (Å²) >= 11 is 2.99. The van der Waals surface area contributed by atoms with Gasteiger partial charge in [0.2, 0.25) is 0 Å². The first-order valence-electron chi connectivity index (χ1n) is 13.9. The van der Waals surface area contributed by atoms with Crippen LogP contribution in [-0.4, -0.2) is 82.8 Å². The molecular weight excluding hydrogens is 722 g/mol. The molecule has 0 bridgehead atoms. The molecule has 0 heterocycles. The standard InChI is InChI=1S/C10H15F3O3.C7H16OSi.C6H11BrO2.C4H9F3Si.C3H6O/c1-5-7(10(11,12)13)15-6-8(14)16-9(2,3)4;1-6-7(2)8-9(3,4)5;1-6(2,3)9-5(8)4-7;1-8(2,3)4(5,6)7;1-3-4-2/h5,7H,1,6H2,2-4H3;6-7H,1H2,2-5H3;4H2,1-3H3;1-3H3;3H,1H2,2H3. The van der Waals surface area contributed by atoms with Gasteiger partial charge in [-0.05, 0) is 68.1 Å². The van der Waals surface area contributed by atoms with Crippen LogP contribution >= 0.6 is 15.9 Å². The second-order valence-corrected chi connectivity index (χ2v) is 23.2. The highest BCUT2D eigenvalue weighted by Crippen LogP contribution is 2.27. The maximum atomic E-state index is 12.2. The summed E-state index contributed by atoms with van der Waals surface area (Å²) in [5, 5.41) is 0.268. The average Bonchev–Trinajstić information content (AvgIpc) is 2.80. The third kappa shape index (κ3) is 44.5. The highest BCUT2D eigenvalue weighted by atomic mass is 79.9. The monoisotopic (exact) mass is 778 g/mol. The lowest BCUT2D eigenvalue weighted by Gasteiger charge is -2.21. The van der Waals surface area contributed by atoms with Gasteiger partial charge in [-0.15, -0.1) is 13.2 Å². The molecule has 0 amide bonds. The normalized spacial score (nSPS) is 13.1. The Morgan fingerprint density at radius 3 is 1.28 bits per heavy atom. The largest absolute Gasteiger partial charge is 0.505 e. The first-order valence-corrected chi connectivity index (χ1v) is 22.0. The number of methoxy groups -OCH3 is 1. The zero-order valence-corrected chi connectivity index (χ0v) is 33.5. The number of esters is 2. The van der Waals surface area contributed by atoms with Crippen molar-refractivity contribution in [1.29, 1.82) is 0 Å². The second-order valence-electron chi connectivity index (χ2n) is 13.1. The lowest BCUT2D eigenvalue weighted by molar-refractivity contribution is -0.209. The molecule has 0 rings (SSSR count). The van der Waals surface area contributed by atoms with Gasteiger partial charge in [0, 0.05) is 0 Å². The molecule has 0 aromatic heterocycles. The summed E-state index contributed by atoms with van der Waals surface area (Å²) in [6.45, 7) is 31.9. The fraction of sp³-hybridized carbons (Fsp3) is 0.733. The Morgan fingerprint density at radius 2 is 1.13 bits per heavy atom. The maximum Gasteiger partial charge on any atom is 0.418 e. The second kappa shape index (κ2) is 24.5. The zero-order chi connectivity index (χ0) is 38.4. The van der Waals surface area contributed by atoms with Crippen molar-refractivity contribution < 1.29 is 59.3 Å². The molecule has 0 aromatic rings. The van der Waals surface area contributed by atoms with Gasteiger partial charge in [-0.1, -0.05) is 54.3 Å². The van der Waals surface area contributed by atoms with Crippen molar-refractivity contribution in [2.24, 2.45) is 0 Å². The van der Waals surface area contributed by atoms with Gasteiger partial charge in [-0.25, -0.2) is 4.79 Å². The molecule has 7 nitrogen and oxygen atoms in total. The molecule has 16 heteroatoms. The number of carbonyl (C=O) groups is 2. The molecule has 2 atom stereocenters. The van der Waals surface area contributed by atoms with Gasteiger partial charge in [0.25, 0.3) is 0 Å². The number of ether oxygens (including phenoxy) is 4. The van der Waals surface area contributed by atoms with Crippen LogP contribution in [0.2, 0.25) is 39.3 Å². The fourth-order valence-corrected chi connectivity index (χ4v) is 3.13. The van der Waals surface area contributed by atoms with Crippen molar-refractivity contribution in [1.82, 2.24) is 0 Å². The van der Waals surface area contributed by atoms with Crippen LogP contribution in [0.5, 0.6) is 0 Å². The summed E-state index contributed by atoms with van der Waals surface area (Å²) < 4.78 is 95.3. The summed E-state index contributed by atoms with van der Waals surface area (Å²) in [6.07, 6.45) is -2.71. The summed E-state index contributed by atoms with van der Waals surface area (Å²) in [7, 11) is -2.61. The van der Waals surface area contributed by atoms with E-state index in [4.69, 9.17) is 13.9 Å². The Labute approximate surface area is 283 Å². The maximum absolute atomic E-state index is 12.2. The number of carbonyl (C=O) groups excluding carboxylic acids is 2. The van der Waals surface area contributed by atoms with E-state index in [1.54, 1.807) is 27.9 Å². The highest BCUT2D eigenvalue weighted by Gasteiger charge is 2.45. The van der Waals surface area contributed by atoms with Gasteiger partial charge >= 0.3 is 23.9 Å². The number of halogens is 7. The van der Waals surface area contributed by atoms with Crippen LogP contribution in [0.1, 0.15) is 48.5 Å². The lowest BCUT2D eigenvalue weighted by Crippen LogP contribution is -2.40. The average molecular weight is 780 g/mol. The number of hydrogen-bond donors (Lipinski definition) is 0. The van der Waals surface area contributed by atoms with Crippen molar-refractivity contribution >= 4 is 44.3 Å². The van der Waals surface area contributed by atoms with E-state index in [0.717, 1.165) is 0 Å². The predicted molar refractivity (Wildman–Crippen MR) is 182 cm³/mol. The van der Waals surface area contributed by atoms with Crippen LogP contribution in [0.15, 0.2) is 38.2 Å². The minimum Gasteiger partial charge on any atom is -0.505 e. The summed E-state index contributed by atoms with van der Waals surface area (Å²) in [4.78, 5) is 21.6. The molecule has 0 N–H and O–H groups in total. The van der Waals surface area contributed by atoms with E-state index in [2.05, 4.69) is 64.8 Å². The third-order valence-electron chi connectivity index (χ3n) is 3.76. The molecule has 0 fully saturated rings. The van der Waals surface area contributed by atoms with E-state index in [1.807, 2.05) is 33.8 Å². The van der Waals surface area contributed by atoms with E-state index >= 15 is 0 Å². The molecule has 0 aliphatic carbocycles. The number of rotatable bonds is 9. The predicted octanol–water partition coefficient (Wildman–Crippen LogP) is 9.80. The molecule has 2 unspecified atom stereocenters. The minimum atomic E-state index is -4.57. The molecule has 0 aromatic carbocycles. The summed E-state index contributed by atoms with van der Waals surface area (Å²) in [5.41, 5.74) is -1.10. The first kappa shape index (κ1) is 53.8. The highest BCUT2D eigenvalue weighted by molar-refractivity contribution is 9.09. The Kier molecular flexibility index (Phi) is 28.7. The van der Waals surface area contributed by atoms with Crippen LogP contribution in [0.25, 0.3) is 0 Å². The third-order valence-corrected chi connectivity index (χ3v) is 6.99. The lowest BCUT2D eigenvalue weighted by atomic mass is 10.2. The Morgan fingerprint density at radius 1 is 0.783 bits per heavy atom. The molecule has 0 saturated carbocycles. The SMILES string of the molecule is C=CC(C)O[Si](C)(C)C.C=CC(OCC(=O)OC(C)(C)C)C(F)(F)F.C=COC.CC(C)(C)OC(=O)CBr.C[Si](C)(C)C(F)(F)F. The Hall–Kier alpha value is -1.63. The van der Waals surface area contributed by atoms with Crippen molar-refractivity contribution in [3.8, 4) is 0 Å². The fourth-order valence-electron chi connectivity index (χ4n) is 1.80. The quantitative estimate of drug-likeness (QED) is 0.0576. The smallest absolute Gasteiger partial charge is 0.418 e. The molecule has 0 radical (unpaired) electrons. The minimum absolute atomic E-state index is 0.219. The van der Waals surface area contributed by atoms with E-state index in [0.29, 0.717) is 6.08 Å². The topological polar surface area (TPSA) is 80.3 Å². The summed E-state index contributed by atoms with van der Waals surface area (Å²) in [6, 6.07) is 0. The molecule has 0 aliphatic rings. The Balaban J connectivity index is -0.000000162. The van der Waals surface area contributed by atoms with E-state index in [9.17, 15) is 35.9 Å². The van der Waals surface area contributed by atoms with E-state index < -0.39 is 52.6 Å². The first-order chi connectivity index (χ1) is 20.1. The van der Waals surface area contributed by atoms with Gasteiger partial charge in [-0.2, -0.15) is 26.3 Å². The van der Waals surface area contributed by atoms with Crippen molar-refractivity contribution in [2.45, 2.75) is 123 Å². The molecular formula is C30H57BrF6O7Si2. The van der Waals surface area contributed by atoms with Gasteiger partial charge in [0.15, 0.2) is 22.5 Å². The van der Waals surface area contributed by atoms with Crippen LogP contribution in [0, 0.1) is 0 Å². The molecule has 0 spiro atoms. The Bertz CT molecular complexity index is 845. The van der Waals surface area contributed by atoms with Gasteiger partial charge < -0.3 is 23.4 Å². The van der Waals surface area contributed by atoms with Gasteiger partial charge in [-0.3, -0.25) is 4.79 Å². The van der Waals surface area contributed by atoms with Crippen LogP contribution in [-0.2, 0) is 33.0 Å². The molecule has 46 heavy (non-hydrogen) atoms. The molecule has 0 saturated heterocycles. The summed E-state index contributed by atoms with van der Waals surface area (Å²) in [5.74, 6) is -4.99. The van der Waals surface area contributed by atoms with E-state index in [1.165, 1.54) is 25.9 Å². The van der Waals surface area contributed by atoms with Gasteiger partial charge in [0.05, 0.1) is 19.5 Å². The van der Waals surface area contributed by atoms with Crippen LogP contribution in [0.3, 0.4) is 0 Å². The number of alkyl halides is 7. The zero-order valence-electron chi connectivity index (χ0n) is 29.9. The van der Waals surface area contributed by atoms with Gasteiger partial charge in [0.1, 0.15) is 23.1 Å². The van der Waals surface area contributed by atoms with Crippen LogP contribution in [0.4, 0.5) is 26.3 Å². The van der Waals surface area contributed by atoms with Crippen molar-refractivity contribution in [3.05, 3.63) is 38.2 Å².